The molecule has 17 heteroatoms. The van der Waals surface area contributed by atoms with Gasteiger partial charge in [-0.2, -0.15) is 13.2 Å². The van der Waals surface area contributed by atoms with Gasteiger partial charge in [0.1, 0.15) is 31.0 Å². The Hall–Kier alpha value is -4.97. The molecule has 2 aromatic carbocycles. The Labute approximate surface area is 312 Å². The number of carbonyl (C=O) groups is 2. The van der Waals surface area contributed by atoms with E-state index in [0.29, 0.717) is 29.0 Å². The van der Waals surface area contributed by atoms with Gasteiger partial charge in [-0.3, -0.25) is 24.4 Å². The van der Waals surface area contributed by atoms with E-state index in [2.05, 4.69) is 10.3 Å². The van der Waals surface area contributed by atoms with E-state index in [0.717, 1.165) is 12.1 Å². The van der Waals surface area contributed by atoms with E-state index in [1.807, 2.05) is 5.32 Å². The molecule has 1 fully saturated rings. The SMILES string of the molecule is O=C(N[C@H]1c2ccccc2OCC1O)[C@H](Cc1cccnc1)C[C@H](O)CN1CCN(Cc2ccn(-c3ccc(F)c(F)c3F)c2)C[C@H]1C(=O)NCC(F)(F)F. The van der Waals surface area contributed by atoms with Crippen LogP contribution in [0.15, 0.2) is 79.4 Å². The molecule has 4 aromatic rings. The first-order valence-electron chi connectivity index (χ1n) is 17.6. The first kappa shape index (κ1) is 39.7. The average molecular weight is 775 g/mol. The number of nitrogens with one attached hydrogen (secondary N) is 2. The predicted octanol–water partition coefficient (Wildman–Crippen LogP) is 3.68. The smallest absolute Gasteiger partial charge is 0.405 e. The Morgan fingerprint density at radius 2 is 1.80 bits per heavy atom. The van der Waals surface area contributed by atoms with Gasteiger partial charge in [-0.25, -0.2) is 13.2 Å². The van der Waals surface area contributed by atoms with E-state index in [1.54, 1.807) is 64.7 Å². The molecule has 0 bridgehead atoms. The van der Waals surface area contributed by atoms with Crippen LogP contribution in [0.2, 0.25) is 0 Å². The number of fused-ring (bicyclic) bond motifs is 1. The summed E-state index contributed by atoms with van der Waals surface area (Å²) in [6.45, 7) is -1.13. The second kappa shape index (κ2) is 17.2. The Kier molecular flexibility index (Phi) is 12.4. The fourth-order valence-corrected chi connectivity index (χ4v) is 7.00. The third kappa shape index (κ3) is 10.0. The monoisotopic (exact) mass is 774 g/mol. The number of pyridine rings is 1. The van der Waals surface area contributed by atoms with Crippen LogP contribution in [0, 0.1) is 23.4 Å². The maximum absolute atomic E-state index is 14.4. The lowest BCUT2D eigenvalue weighted by Gasteiger charge is -2.41. The van der Waals surface area contributed by atoms with Crippen LogP contribution >= 0.6 is 0 Å². The second-order valence-electron chi connectivity index (χ2n) is 13.8. The van der Waals surface area contributed by atoms with Crippen molar-refractivity contribution in [1.82, 2.24) is 30.0 Å². The van der Waals surface area contributed by atoms with Gasteiger partial charge in [0.05, 0.1) is 17.8 Å². The molecular formula is C38H40F6N6O5. The number of benzene rings is 2. The zero-order chi connectivity index (χ0) is 39.3. The highest BCUT2D eigenvalue weighted by Gasteiger charge is 2.38. The van der Waals surface area contributed by atoms with E-state index in [4.69, 9.17) is 4.74 Å². The van der Waals surface area contributed by atoms with Crippen molar-refractivity contribution in [3.05, 3.63) is 114 Å². The molecule has 11 nitrogen and oxygen atoms in total. The van der Waals surface area contributed by atoms with Crippen LogP contribution in [0.3, 0.4) is 0 Å². The molecule has 0 radical (unpaired) electrons. The number of aliphatic hydroxyl groups excluding tert-OH is 2. The molecule has 0 spiro atoms. The summed E-state index contributed by atoms with van der Waals surface area (Å²) in [5.74, 6) is -6.00. The predicted molar refractivity (Wildman–Crippen MR) is 186 cm³/mol. The normalized spacial score (nSPS) is 20.3. The molecule has 4 N–H and O–H groups in total. The lowest BCUT2D eigenvalue weighted by Crippen LogP contribution is -2.60. The Morgan fingerprint density at radius 3 is 2.56 bits per heavy atom. The summed E-state index contributed by atoms with van der Waals surface area (Å²) in [6.07, 6.45) is -0.715. The number of amides is 2. The molecule has 2 amide bonds. The van der Waals surface area contributed by atoms with Gasteiger partial charge in [-0.15, -0.1) is 0 Å². The number of piperazine rings is 1. The fraction of sp³-hybridized carbons (Fsp3) is 0.395. The molecule has 5 atom stereocenters. The number of aromatic nitrogens is 2. The summed E-state index contributed by atoms with van der Waals surface area (Å²) in [4.78, 5) is 34.6. The fourth-order valence-electron chi connectivity index (χ4n) is 7.00. The number of hydrogen-bond acceptors (Lipinski definition) is 8. The molecule has 6 rings (SSSR count). The minimum absolute atomic E-state index is 0.0399. The number of ether oxygens (including phenoxy) is 1. The minimum atomic E-state index is -4.67. The van der Waals surface area contributed by atoms with E-state index in [1.165, 1.54) is 17.0 Å². The van der Waals surface area contributed by atoms with Gasteiger partial charge in [-0.05, 0) is 54.3 Å². The van der Waals surface area contributed by atoms with Gasteiger partial charge in [0.25, 0.3) is 0 Å². The van der Waals surface area contributed by atoms with Crippen molar-refractivity contribution in [2.75, 3.05) is 39.3 Å². The lowest BCUT2D eigenvalue weighted by molar-refractivity contribution is -0.143. The molecule has 55 heavy (non-hydrogen) atoms. The minimum Gasteiger partial charge on any atom is -0.490 e. The lowest BCUT2D eigenvalue weighted by atomic mass is 9.91. The Morgan fingerprint density at radius 1 is 1.00 bits per heavy atom. The number of carbonyl (C=O) groups excluding carboxylic acids is 2. The summed E-state index contributed by atoms with van der Waals surface area (Å²) in [5, 5.41) is 27.0. The van der Waals surface area contributed by atoms with Crippen LogP contribution in [0.4, 0.5) is 26.3 Å². The van der Waals surface area contributed by atoms with Crippen molar-refractivity contribution in [2.24, 2.45) is 5.92 Å². The first-order valence-corrected chi connectivity index (χ1v) is 17.6. The third-order valence-corrected chi connectivity index (χ3v) is 9.72. The number of halogens is 6. The molecule has 2 aliphatic heterocycles. The molecule has 4 heterocycles. The Balaban J connectivity index is 1.15. The molecule has 0 saturated carbocycles. The molecule has 0 aliphatic carbocycles. The van der Waals surface area contributed by atoms with Crippen molar-refractivity contribution >= 4 is 11.8 Å². The van der Waals surface area contributed by atoms with Crippen LogP contribution in [0.5, 0.6) is 5.75 Å². The van der Waals surface area contributed by atoms with Gasteiger partial charge < -0.3 is 30.2 Å². The molecule has 1 saturated heterocycles. The zero-order valence-corrected chi connectivity index (χ0v) is 29.4. The summed E-state index contributed by atoms with van der Waals surface area (Å²) in [5.41, 5.74) is 1.68. The third-order valence-electron chi connectivity index (χ3n) is 9.72. The summed E-state index contributed by atoms with van der Waals surface area (Å²) in [6, 6.07) is 12.1. The van der Waals surface area contributed by atoms with E-state index in [9.17, 15) is 46.1 Å². The zero-order valence-electron chi connectivity index (χ0n) is 29.4. The van der Waals surface area contributed by atoms with Crippen LogP contribution in [0.25, 0.3) is 5.69 Å². The molecule has 2 aliphatic rings. The highest BCUT2D eigenvalue weighted by molar-refractivity contribution is 5.82. The standard InChI is InChI=1S/C38H40F6N6O5/c39-28-7-8-29(34(41)33(28)40)49-11-9-24(18-49)17-48-12-13-50(30(20-48)37(54)46-22-38(42,43)44)19-26(51)15-25(14-23-4-3-10-45-16-23)36(53)47-35-27-5-1-2-6-32(27)55-21-31(35)52/h1-11,16,18,25-26,30-31,35,51-52H,12-15,17,19-22H2,(H,46,54)(H,47,53)/t25-,26+,30+,31?,35+/m1/s1. The Bertz CT molecular complexity index is 1950. The van der Waals surface area contributed by atoms with Crippen LogP contribution in [-0.2, 0) is 22.6 Å². The highest BCUT2D eigenvalue weighted by Crippen LogP contribution is 2.32. The molecule has 294 valence electrons. The van der Waals surface area contributed by atoms with Gasteiger partial charge in [-0.1, -0.05) is 24.3 Å². The van der Waals surface area contributed by atoms with E-state index >= 15 is 0 Å². The van der Waals surface area contributed by atoms with E-state index in [-0.39, 0.29) is 51.3 Å². The van der Waals surface area contributed by atoms with Crippen molar-refractivity contribution in [2.45, 2.75) is 49.9 Å². The van der Waals surface area contributed by atoms with Crippen LogP contribution in [-0.4, -0.2) is 105 Å². The van der Waals surface area contributed by atoms with Crippen molar-refractivity contribution in [3.63, 3.8) is 0 Å². The van der Waals surface area contributed by atoms with Crippen LogP contribution < -0.4 is 15.4 Å². The molecule has 2 aromatic heterocycles. The second-order valence-corrected chi connectivity index (χ2v) is 13.8. The van der Waals surface area contributed by atoms with Gasteiger partial charge in [0, 0.05) is 69.0 Å². The number of hydrogen-bond donors (Lipinski definition) is 4. The van der Waals surface area contributed by atoms with Gasteiger partial charge in [0.15, 0.2) is 17.5 Å². The van der Waals surface area contributed by atoms with E-state index < -0.39 is 72.2 Å². The highest BCUT2D eigenvalue weighted by atomic mass is 19.4. The topological polar surface area (TPSA) is 132 Å². The number of β-amino-alcohol motifs (C(OH)–C–C–N with tert-alkyl or cyclic N) is 1. The maximum Gasteiger partial charge on any atom is 0.405 e. The summed E-state index contributed by atoms with van der Waals surface area (Å²) >= 11 is 0. The van der Waals surface area contributed by atoms with Crippen molar-refractivity contribution < 1.29 is 50.9 Å². The maximum atomic E-state index is 14.4. The number of nitrogens with zero attached hydrogens (tertiary/aromatic N) is 4. The van der Waals surface area contributed by atoms with Gasteiger partial charge in [0.2, 0.25) is 11.8 Å². The number of aliphatic hydroxyl groups is 2. The van der Waals surface area contributed by atoms with Crippen molar-refractivity contribution in [1.29, 1.82) is 0 Å². The summed E-state index contributed by atoms with van der Waals surface area (Å²) in [7, 11) is 0. The van der Waals surface area contributed by atoms with Gasteiger partial charge >= 0.3 is 6.18 Å². The summed E-state index contributed by atoms with van der Waals surface area (Å²) < 4.78 is 88.0. The molecule has 1 unspecified atom stereocenters. The largest absolute Gasteiger partial charge is 0.490 e. The molecular weight excluding hydrogens is 734 g/mol. The number of alkyl halides is 3. The number of rotatable bonds is 13. The average Bonchev–Trinajstić information content (AvgIpc) is 3.62. The van der Waals surface area contributed by atoms with Crippen LogP contribution in [0.1, 0.15) is 29.2 Å². The quantitative estimate of drug-likeness (QED) is 0.120. The number of para-hydroxylation sites is 1. The first-order chi connectivity index (χ1) is 26.3. The van der Waals surface area contributed by atoms with Crippen molar-refractivity contribution in [3.8, 4) is 11.4 Å².